The second-order valence-electron chi connectivity index (χ2n) is 8.32. The van der Waals surface area contributed by atoms with E-state index in [0.717, 1.165) is 55.9 Å². The maximum atomic E-state index is 13.2. The molecule has 0 N–H and O–H groups in total. The number of piperidine rings is 2. The number of imidazole rings is 1. The van der Waals surface area contributed by atoms with E-state index in [1.807, 2.05) is 29.3 Å². The van der Waals surface area contributed by atoms with E-state index in [1.165, 1.54) is 0 Å². The van der Waals surface area contributed by atoms with Gasteiger partial charge in [-0.2, -0.15) is 0 Å². The van der Waals surface area contributed by atoms with E-state index < -0.39 is 0 Å². The molecule has 1 aromatic heterocycles. The van der Waals surface area contributed by atoms with Crippen molar-refractivity contribution < 1.29 is 9.59 Å². The minimum absolute atomic E-state index is 0.0434. The molecule has 2 aliphatic heterocycles. The fourth-order valence-electron chi connectivity index (χ4n) is 4.77. The molecule has 0 radical (unpaired) electrons. The van der Waals surface area contributed by atoms with Crippen molar-refractivity contribution in [2.24, 2.45) is 5.92 Å². The lowest BCUT2D eigenvalue weighted by molar-refractivity contribution is -0.141. The topological polar surface area (TPSA) is 58.4 Å². The van der Waals surface area contributed by atoms with E-state index in [2.05, 4.69) is 33.5 Å². The Balaban J connectivity index is 1.48. The van der Waals surface area contributed by atoms with Gasteiger partial charge in [0.15, 0.2) is 0 Å². The largest absolute Gasteiger partial charge is 0.343 e. The van der Waals surface area contributed by atoms with E-state index in [4.69, 9.17) is 0 Å². The molecular formula is C23H30N4O2. The first-order valence-electron chi connectivity index (χ1n) is 10.7. The molecule has 2 saturated heterocycles. The molecule has 6 nitrogen and oxygen atoms in total. The van der Waals surface area contributed by atoms with Crippen LogP contribution >= 0.6 is 0 Å². The zero-order chi connectivity index (χ0) is 20.4. The molecule has 0 saturated carbocycles. The Morgan fingerprint density at radius 1 is 1.00 bits per heavy atom. The van der Waals surface area contributed by atoms with Crippen molar-refractivity contribution >= 4 is 11.8 Å². The fourth-order valence-corrected chi connectivity index (χ4v) is 4.77. The first kappa shape index (κ1) is 19.7. The molecule has 1 aromatic carbocycles. The van der Waals surface area contributed by atoms with Gasteiger partial charge >= 0.3 is 0 Å². The van der Waals surface area contributed by atoms with Crippen LogP contribution in [0.25, 0.3) is 11.4 Å². The standard InChI is InChI=1S/C23H30N4O2/c1-17-15-24-22(19-7-4-3-5-8-19)27(17)21-9-6-12-26(16-21)23(29)20-10-13-25(14-11-20)18(2)28/h3-5,7-8,15,20-21H,6,9-14,16H2,1-2H3. The van der Waals surface area contributed by atoms with Gasteiger partial charge in [-0.15, -0.1) is 0 Å². The summed E-state index contributed by atoms with van der Waals surface area (Å²) in [5.41, 5.74) is 2.25. The van der Waals surface area contributed by atoms with E-state index in [0.29, 0.717) is 13.1 Å². The molecule has 4 rings (SSSR count). The third-order valence-electron chi connectivity index (χ3n) is 6.38. The van der Waals surface area contributed by atoms with E-state index in [-0.39, 0.29) is 23.8 Å². The van der Waals surface area contributed by atoms with E-state index in [9.17, 15) is 9.59 Å². The Labute approximate surface area is 172 Å². The SMILES string of the molecule is CC(=O)N1CCC(C(=O)N2CCCC(n3c(C)cnc3-c3ccccc3)C2)CC1. The van der Waals surface area contributed by atoms with Crippen LogP contribution in [0, 0.1) is 12.8 Å². The average Bonchev–Trinajstić information content (AvgIpc) is 3.15. The predicted molar refractivity (Wildman–Crippen MR) is 112 cm³/mol. The van der Waals surface area contributed by atoms with Crippen LogP contribution in [-0.2, 0) is 9.59 Å². The van der Waals surface area contributed by atoms with Gasteiger partial charge in [0.05, 0.1) is 6.04 Å². The van der Waals surface area contributed by atoms with Crippen LogP contribution in [0.15, 0.2) is 36.5 Å². The maximum Gasteiger partial charge on any atom is 0.225 e. The quantitative estimate of drug-likeness (QED) is 0.803. The number of rotatable bonds is 3. The van der Waals surface area contributed by atoms with Crippen molar-refractivity contribution in [3.63, 3.8) is 0 Å². The zero-order valence-electron chi connectivity index (χ0n) is 17.4. The van der Waals surface area contributed by atoms with Gasteiger partial charge in [-0.05, 0) is 32.6 Å². The Hall–Kier alpha value is -2.63. The normalized spacial score (nSPS) is 20.7. The highest BCUT2D eigenvalue weighted by Gasteiger charge is 2.33. The Bertz CT molecular complexity index is 868. The lowest BCUT2D eigenvalue weighted by Gasteiger charge is -2.38. The van der Waals surface area contributed by atoms with Gasteiger partial charge in [0, 0.05) is 56.5 Å². The maximum absolute atomic E-state index is 13.2. The van der Waals surface area contributed by atoms with Crippen LogP contribution in [-0.4, -0.2) is 57.3 Å². The summed E-state index contributed by atoms with van der Waals surface area (Å²) in [5, 5.41) is 0. The molecule has 2 amide bonds. The fraction of sp³-hybridized carbons (Fsp3) is 0.522. The van der Waals surface area contributed by atoms with Crippen LogP contribution in [0.3, 0.4) is 0 Å². The summed E-state index contributed by atoms with van der Waals surface area (Å²) in [4.78, 5) is 33.3. The molecule has 0 bridgehead atoms. The van der Waals surface area contributed by atoms with Crippen molar-refractivity contribution in [2.75, 3.05) is 26.2 Å². The summed E-state index contributed by atoms with van der Waals surface area (Å²) in [5.74, 6) is 1.40. The summed E-state index contributed by atoms with van der Waals surface area (Å²) in [6.45, 7) is 6.66. The molecule has 6 heteroatoms. The molecule has 2 fully saturated rings. The van der Waals surface area contributed by atoms with Crippen LogP contribution in [0.1, 0.15) is 44.3 Å². The summed E-state index contributed by atoms with van der Waals surface area (Å²) >= 11 is 0. The molecule has 154 valence electrons. The van der Waals surface area contributed by atoms with Crippen molar-refractivity contribution in [1.82, 2.24) is 19.4 Å². The van der Waals surface area contributed by atoms with Crippen LogP contribution in [0.5, 0.6) is 0 Å². The van der Waals surface area contributed by atoms with Crippen LogP contribution < -0.4 is 0 Å². The van der Waals surface area contributed by atoms with Gasteiger partial charge in [-0.1, -0.05) is 30.3 Å². The number of carbonyl (C=O) groups excluding carboxylic acids is 2. The van der Waals surface area contributed by atoms with E-state index in [1.54, 1.807) is 6.92 Å². The van der Waals surface area contributed by atoms with E-state index >= 15 is 0 Å². The number of carbonyl (C=O) groups is 2. The molecular weight excluding hydrogens is 364 g/mol. The summed E-state index contributed by atoms with van der Waals surface area (Å²) in [6.07, 6.45) is 5.55. The molecule has 1 unspecified atom stereocenters. The van der Waals surface area contributed by atoms with Crippen molar-refractivity contribution in [3.05, 3.63) is 42.2 Å². The van der Waals surface area contributed by atoms with Gasteiger partial charge < -0.3 is 14.4 Å². The number of aryl methyl sites for hydroxylation is 1. The highest BCUT2D eigenvalue weighted by atomic mass is 16.2. The third-order valence-corrected chi connectivity index (χ3v) is 6.38. The highest BCUT2D eigenvalue weighted by molar-refractivity contribution is 5.80. The number of likely N-dealkylation sites (tertiary alicyclic amines) is 2. The second kappa shape index (κ2) is 8.39. The first-order chi connectivity index (χ1) is 14.0. The number of nitrogens with zero attached hydrogens (tertiary/aromatic N) is 4. The zero-order valence-corrected chi connectivity index (χ0v) is 17.4. The number of amides is 2. The number of benzene rings is 1. The number of hydrogen-bond acceptors (Lipinski definition) is 3. The van der Waals surface area contributed by atoms with Crippen LogP contribution in [0.4, 0.5) is 0 Å². The first-order valence-corrected chi connectivity index (χ1v) is 10.7. The minimum atomic E-state index is 0.0434. The van der Waals surface area contributed by atoms with Crippen LogP contribution in [0.2, 0.25) is 0 Å². The Kier molecular flexibility index (Phi) is 5.69. The lowest BCUT2D eigenvalue weighted by atomic mass is 9.93. The monoisotopic (exact) mass is 394 g/mol. The minimum Gasteiger partial charge on any atom is -0.343 e. The predicted octanol–water partition coefficient (Wildman–Crippen LogP) is 3.28. The van der Waals surface area contributed by atoms with Crippen molar-refractivity contribution in [1.29, 1.82) is 0 Å². The van der Waals surface area contributed by atoms with Gasteiger partial charge in [-0.3, -0.25) is 9.59 Å². The number of hydrogen-bond donors (Lipinski definition) is 0. The smallest absolute Gasteiger partial charge is 0.225 e. The lowest BCUT2D eigenvalue weighted by Crippen LogP contribution is -2.47. The summed E-state index contributed by atoms with van der Waals surface area (Å²) in [6, 6.07) is 10.5. The van der Waals surface area contributed by atoms with Gasteiger partial charge in [0.25, 0.3) is 0 Å². The van der Waals surface area contributed by atoms with Gasteiger partial charge in [0.2, 0.25) is 11.8 Å². The van der Waals surface area contributed by atoms with Crippen molar-refractivity contribution in [3.8, 4) is 11.4 Å². The Morgan fingerprint density at radius 2 is 1.72 bits per heavy atom. The molecule has 2 aromatic rings. The molecule has 29 heavy (non-hydrogen) atoms. The molecule has 0 spiro atoms. The van der Waals surface area contributed by atoms with Crippen molar-refractivity contribution in [2.45, 2.75) is 45.6 Å². The average molecular weight is 395 g/mol. The molecule has 3 heterocycles. The van der Waals surface area contributed by atoms with Gasteiger partial charge in [0.1, 0.15) is 5.82 Å². The summed E-state index contributed by atoms with van der Waals surface area (Å²) < 4.78 is 2.31. The highest BCUT2D eigenvalue weighted by Crippen LogP contribution is 2.31. The molecule has 1 atom stereocenters. The molecule has 0 aliphatic carbocycles. The number of aromatic nitrogens is 2. The second-order valence-corrected chi connectivity index (χ2v) is 8.32. The Morgan fingerprint density at radius 3 is 2.41 bits per heavy atom. The third kappa shape index (κ3) is 4.07. The molecule has 2 aliphatic rings. The van der Waals surface area contributed by atoms with Gasteiger partial charge in [-0.25, -0.2) is 4.98 Å². The summed E-state index contributed by atoms with van der Waals surface area (Å²) in [7, 11) is 0.